The Hall–Kier alpha value is -0.510. The Labute approximate surface area is 105 Å². The lowest BCUT2D eigenvalue weighted by molar-refractivity contribution is 0.0994. The minimum absolute atomic E-state index is 0.0884. The van der Waals surface area contributed by atoms with Gasteiger partial charge in [-0.15, -0.1) is 0 Å². The summed E-state index contributed by atoms with van der Waals surface area (Å²) in [6.45, 7) is 2.05. The van der Waals surface area contributed by atoms with Gasteiger partial charge in [0.1, 0.15) is 0 Å². The van der Waals surface area contributed by atoms with Crippen LogP contribution in [0.2, 0.25) is 5.02 Å². The van der Waals surface area contributed by atoms with E-state index in [1.54, 1.807) is 36.0 Å². The SMILES string of the molecule is CC(SCCCO)C(=O)c1cccc(Cl)c1. The molecule has 1 aromatic carbocycles. The van der Waals surface area contributed by atoms with Crippen LogP contribution in [-0.2, 0) is 0 Å². The van der Waals surface area contributed by atoms with Crippen LogP contribution in [0.5, 0.6) is 0 Å². The summed E-state index contributed by atoms with van der Waals surface area (Å²) in [6, 6.07) is 6.99. The molecule has 1 unspecified atom stereocenters. The highest BCUT2D eigenvalue weighted by atomic mass is 35.5. The predicted octanol–water partition coefficient (Wildman–Crippen LogP) is 3.03. The molecule has 88 valence electrons. The van der Waals surface area contributed by atoms with E-state index < -0.39 is 0 Å². The lowest BCUT2D eigenvalue weighted by Crippen LogP contribution is -2.14. The van der Waals surface area contributed by atoms with Gasteiger partial charge in [0, 0.05) is 17.2 Å². The van der Waals surface area contributed by atoms with Crippen molar-refractivity contribution >= 4 is 29.1 Å². The molecule has 1 rings (SSSR count). The summed E-state index contributed by atoms with van der Waals surface area (Å²) < 4.78 is 0. The van der Waals surface area contributed by atoms with Gasteiger partial charge in [0.25, 0.3) is 0 Å². The molecule has 1 atom stereocenters. The van der Waals surface area contributed by atoms with Crippen molar-refractivity contribution in [3.63, 3.8) is 0 Å². The summed E-state index contributed by atoms with van der Waals surface area (Å²) in [5.41, 5.74) is 0.650. The fourth-order valence-corrected chi connectivity index (χ4v) is 2.40. The Morgan fingerprint density at radius 3 is 2.94 bits per heavy atom. The number of hydrogen-bond donors (Lipinski definition) is 1. The number of hydrogen-bond acceptors (Lipinski definition) is 3. The first kappa shape index (κ1) is 13.6. The normalized spacial score (nSPS) is 12.4. The van der Waals surface area contributed by atoms with Crippen molar-refractivity contribution in [2.45, 2.75) is 18.6 Å². The molecule has 1 N–H and O–H groups in total. The minimum Gasteiger partial charge on any atom is -0.396 e. The molecule has 0 spiro atoms. The number of halogens is 1. The lowest BCUT2D eigenvalue weighted by atomic mass is 10.1. The number of rotatable bonds is 6. The third kappa shape index (κ3) is 4.16. The van der Waals surface area contributed by atoms with Gasteiger partial charge in [-0.3, -0.25) is 4.79 Å². The second-order valence-corrected chi connectivity index (χ2v) is 5.35. The van der Waals surface area contributed by atoms with Gasteiger partial charge in [-0.05, 0) is 31.2 Å². The molecule has 0 fully saturated rings. The number of carbonyl (C=O) groups is 1. The number of benzene rings is 1. The molecule has 4 heteroatoms. The quantitative estimate of drug-likeness (QED) is 0.630. The second-order valence-electron chi connectivity index (χ2n) is 3.46. The van der Waals surface area contributed by atoms with Gasteiger partial charge in [-0.25, -0.2) is 0 Å². The van der Waals surface area contributed by atoms with Crippen molar-refractivity contribution in [3.05, 3.63) is 34.9 Å². The van der Waals surface area contributed by atoms with Crippen LogP contribution in [0.1, 0.15) is 23.7 Å². The van der Waals surface area contributed by atoms with Crippen LogP contribution in [0.15, 0.2) is 24.3 Å². The van der Waals surface area contributed by atoms with Gasteiger partial charge in [0.2, 0.25) is 0 Å². The van der Waals surface area contributed by atoms with E-state index in [1.807, 2.05) is 6.92 Å². The Bertz CT molecular complexity index is 355. The van der Waals surface area contributed by atoms with Gasteiger partial charge in [0.05, 0.1) is 5.25 Å². The molecule has 0 aromatic heterocycles. The van der Waals surface area contributed by atoms with Crippen LogP contribution in [-0.4, -0.2) is 28.5 Å². The molecule has 0 aliphatic carbocycles. The molecule has 0 saturated carbocycles. The fourth-order valence-electron chi connectivity index (χ4n) is 1.28. The van der Waals surface area contributed by atoms with Crippen molar-refractivity contribution in [2.24, 2.45) is 0 Å². The van der Waals surface area contributed by atoms with Crippen LogP contribution in [0.25, 0.3) is 0 Å². The zero-order chi connectivity index (χ0) is 12.0. The number of carbonyl (C=O) groups excluding carboxylic acids is 1. The van der Waals surface area contributed by atoms with Crippen LogP contribution in [0.3, 0.4) is 0 Å². The van der Waals surface area contributed by atoms with E-state index in [4.69, 9.17) is 16.7 Å². The maximum Gasteiger partial charge on any atom is 0.175 e. The van der Waals surface area contributed by atoms with E-state index in [-0.39, 0.29) is 17.6 Å². The predicted molar refractivity (Wildman–Crippen MR) is 69.4 cm³/mol. The summed E-state index contributed by atoms with van der Waals surface area (Å²) in [6.07, 6.45) is 0.720. The standard InChI is InChI=1S/C12H15ClO2S/c1-9(16-7-3-6-14)12(15)10-4-2-5-11(13)8-10/h2,4-5,8-9,14H,3,6-7H2,1H3. The van der Waals surface area contributed by atoms with E-state index in [1.165, 1.54) is 0 Å². The third-order valence-corrected chi connectivity index (χ3v) is 3.62. The number of ketones is 1. The molecule has 0 radical (unpaired) electrons. The van der Waals surface area contributed by atoms with E-state index in [2.05, 4.69) is 0 Å². The molecule has 0 bridgehead atoms. The summed E-state index contributed by atoms with van der Waals surface area (Å²) in [4.78, 5) is 11.9. The first-order valence-corrected chi connectivity index (χ1v) is 6.60. The second kappa shape index (κ2) is 6.94. The Balaban J connectivity index is 2.56. The minimum atomic E-state index is -0.0926. The molecule has 0 aliphatic heterocycles. The van der Waals surface area contributed by atoms with Crippen LogP contribution >= 0.6 is 23.4 Å². The third-order valence-electron chi connectivity index (χ3n) is 2.15. The van der Waals surface area contributed by atoms with Crippen molar-refractivity contribution < 1.29 is 9.90 Å². The van der Waals surface area contributed by atoms with E-state index in [0.29, 0.717) is 10.6 Å². The van der Waals surface area contributed by atoms with Crippen molar-refractivity contribution in [2.75, 3.05) is 12.4 Å². The molecule has 0 amide bonds. The summed E-state index contributed by atoms with van der Waals surface area (Å²) in [5, 5.41) is 9.14. The van der Waals surface area contributed by atoms with Gasteiger partial charge >= 0.3 is 0 Å². The number of aliphatic hydroxyl groups is 1. The monoisotopic (exact) mass is 258 g/mol. The average Bonchev–Trinajstić information content (AvgIpc) is 2.28. The highest BCUT2D eigenvalue weighted by Gasteiger charge is 2.15. The van der Waals surface area contributed by atoms with E-state index in [9.17, 15) is 4.79 Å². The number of thioether (sulfide) groups is 1. The topological polar surface area (TPSA) is 37.3 Å². The number of Topliss-reactive ketones (excluding diaryl/α,β-unsaturated/α-hetero) is 1. The molecule has 1 aromatic rings. The largest absolute Gasteiger partial charge is 0.396 e. The Kier molecular flexibility index (Phi) is 5.88. The Morgan fingerprint density at radius 2 is 2.31 bits per heavy atom. The highest BCUT2D eigenvalue weighted by molar-refractivity contribution is 8.00. The van der Waals surface area contributed by atoms with Gasteiger partial charge in [-0.2, -0.15) is 11.8 Å². The van der Waals surface area contributed by atoms with Crippen molar-refractivity contribution in [1.82, 2.24) is 0 Å². The van der Waals surface area contributed by atoms with Crippen molar-refractivity contribution in [1.29, 1.82) is 0 Å². The molecule has 16 heavy (non-hydrogen) atoms. The highest BCUT2D eigenvalue weighted by Crippen LogP contribution is 2.19. The van der Waals surface area contributed by atoms with Gasteiger partial charge in [-0.1, -0.05) is 23.7 Å². The zero-order valence-electron chi connectivity index (χ0n) is 9.15. The molecule has 0 saturated heterocycles. The van der Waals surface area contributed by atoms with E-state index >= 15 is 0 Å². The first-order chi connectivity index (χ1) is 7.65. The first-order valence-electron chi connectivity index (χ1n) is 5.17. The van der Waals surface area contributed by atoms with E-state index in [0.717, 1.165) is 12.2 Å². The Morgan fingerprint density at radius 1 is 1.56 bits per heavy atom. The van der Waals surface area contributed by atoms with Crippen LogP contribution in [0, 0.1) is 0 Å². The van der Waals surface area contributed by atoms with Crippen LogP contribution in [0.4, 0.5) is 0 Å². The molecular weight excluding hydrogens is 244 g/mol. The maximum absolute atomic E-state index is 11.9. The smallest absolute Gasteiger partial charge is 0.175 e. The fraction of sp³-hybridized carbons (Fsp3) is 0.417. The number of aliphatic hydroxyl groups excluding tert-OH is 1. The van der Waals surface area contributed by atoms with Gasteiger partial charge < -0.3 is 5.11 Å². The summed E-state index contributed by atoms with van der Waals surface area (Å²) >= 11 is 7.39. The molecule has 0 aliphatic rings. The summed E-state index contributed by atoms with van der Waals surface area (Å²) in [5.74, 6) is 0.884. The maximum atomic E-state index is 11.9. The molecular formula is C12H15ClO2S. The molecule has 0 heterocycles. The lowest BCUT2D eigenvalue weighted by Gasteiger charge is -2.09. The van der Waals surface area contributed by atoms with Gasteiger partial charge in [0.15, 0.2) is 5.78 Å². The summed E-state index contributed by atoms with van der Waals surface area (Å²) in [7, 11) is 0. The molecule has 2 nitrogen and oxygen atoms in total. The van der Waals surface area contributed by atoms with Crippen molar-refractivity contribution in [3.8, 4) is 0 Å². The average molecular weight is 259 g/mol. The zero-order valence-corrected chi connectivity index (χ0v) is 10.7. The van der Waals surface area contributed by atoms with Crippen LogP contribution < -0.4 is 0 Å².